The first-order chi connectivity index (χ1) is 33.1. The molecule has 0 saturated carbocycles. The van der Waals surface area contributed by atoms with Crippen LogP contribution in [0.1, 0.15) is 30.0 Å². The molecule has 0 spiro atoms. The minimum Gasteiger partial charge on any atom is -0.309 e. The second kappa shape index (κ2) is 18.3. The number of aryl methyl sites for hydroxylation is 2. The van der Waals surface area contributed by atoms with Crippen LogP contribution in [0.4, 0.5) is 0 Å². The topological polar surface area (TPSA) is 4.93 Å². The molecule has 1 aromatic heterocycles. The Morgan fingerprint density at radius 2 is 0.851 bits per heavy atom. The Hall–Kier alpha value is -8.26. The highest BCUT2D eigenvalue weighted by Gasteiger charge is 2.18. The summed E-state index contributed by atoms with van der Waals surface area (Å²) < 4.78 is 2.46. The molecule has 1 heterocycles. The zero-order chi connectivity index (χ0) is 45.1. The van der Waals surface area contributed by atoms with E-state index in [-0.39, 0.29) is 0 Å². The van der Waals surface area contributed by atoms with Crippen molar-refractivity contribution in [2.24, 2.45) is 0 Å². The van der Waals surface area contributed by atoms with Gasteiger partial charge < -0.3 is 4.57 Å². The summed E-state index contributed by atoms with van der Waals surface area (Å²) in [5, 5.41) is 2.56. The summed E-state index contributed by atoms with van der Waals surface area (Å²) in [6, 6.07) is 88.4. The van der Waals surface area contributed by atoms with E-state index in [9.17, 15) is 0 Å². The third kappa shape index (κ3) is 8.33. The minimum absolute atomic E-state index is 0.957. The quantitative estimate of drug-likeness (QED) is 0.122. The molecular formula is C66H51N. The third-order valence-electron chi connectivity index (χ3n) is 13.6. The first kappa shape index (κ1) is 41.4. The number of rotatable bonds is 11. The highest BCUT2D eigenvalue weighted by Crippen LogP contribution is 2.40. The van der Waals surface area contributed by atoms with Gasteiger partial charge in [0.2, 0.25) is 0 Å². The Kier molecular flexibility index (Phi) is 11.3. The van der Waals surface area contributed by atoms with Crippen molar-refractivity contribution in [2.45, 2.75) is 26.7 Å². The fraction of sp³-hybridized carbons (Fsp3) is 0.0606. The molecule has 0 atom stereocenters. The number of para-hydroxylation sites is 1. The van der Waals surface area contributed by atoms with Crippen LogP contribution in [0.2, 0.25) is 0 Å². The number of aromatic nitrogens is 1. The molecule has 0 aliphatic heterocycles. The number of allylic oxidation sites excluding steroid dienone is 2. The van der Waals surface area contributed by atoms with Gasteiger partial charge in [-0.15, -0.1) is 0 Å². The minimum atomic E-state index is 0.957. The standard InChI is InChI=1S/C66H51N/c1-46(48-30-32-53(33-31-48)56-23-14-25-58(44-56)59-26-15-24-57(45-59)54-36-34-51(35-37-54)49-17-5-3-6-18-49)16-13-22-55-21-9-10-27-62(55)61-42-43-64-63-28-11-12-29-65(63)67(66(64)47(61)2)60-40-38-52(39-41-60)50-19-7-4-8-20-50/h3-12,14-21,23-45H,13,22H2,1-2H3/b46-16+. The maximum Gasteiger partial charge on any atom is 0.0576 e. The predicted molar refractivity (Wildman–Crippen MR) is 287 cm³/mol. The first-order valence-corrected chi connectivity index (χ1v) is 23.5. The fourth-order valence-corrected chi connectivity index (χ4v) is 9.95. The van der Waals surface area contributed by atoms with Crippen LogP contribution in [0.3, 0.4) is 0 Å². The molecule has 1 heteroatoms. The SMILES string of the molecule is C/C(=C\CCc1ccccc1-c1ccc2c3ccccc3n(-c3ccc(-c4ccccc4)cc3)c2c1C)c1ccc(-c2cccc(-c3cccc(-c4ccc(-c5ccccc5)cc4)c3)c2)cc1. The molecule has 11 aromatic rings. The van der Waals surface area contributed by atoms with Gasteiger partial charge in [0, 0.05) is 16.5 Å². The molecule has 0 amide bonds. The summed E-state index contributed by atoms with van der Waals surface area (Å²) in [5.74, 6) is 0. The van der Waals surface area contributed by atoms with Gasteiger partial charge in [-0.05, 0) is 146 Å². The molecule has 320 valence electrons. The Morgan fingerprint density at radius 1 is 0.388 bits per heavy atom. The summed E-state index contributed by atoms with van der Waals surface area (Å²) in [6.45, 7) is 4.55. The molecule has 0 N–H and O–H groups in total. The lowest BCUT2D eigenvalue weighted by Crippen LogP contribution is -1.98. The number of nitrogens with zero attached hydrogens (tertiary/aromatic N) is 1. The first-order valence-electron chi connectivity index (χ1n) is 23.5. The summed E-state index contributed by atoms with van der Waals surface area (Å²) in [7, 11) is 0. The van der Waals surface area contributed by atoms with Gasteiger partial charge >= 0.3 is 0 Å². The average molecular weight is 858 g/mol. The molecule has 1 nitrogen and oxygen atoms in total. The monoisotopic (exact) mass is 857 g/mol. The van der Waals surface area contributed by atoms with Gasteiger partial charge in [-0.3, -0.25) is 0 Å². The van der Waals surface area contributed by atoms with Crippen molar-refractivity contribution in [1.82, 2.24) is 4.57 Å². The van der Waals surface area contributed by atoms with Crippen LogP contribution < -0.4 is 0 Å². The smallest absolute Gasteiger partial charge is 0.0576 e. The molecular weight excluding hydrogens is 807 g/mol. The van der Waals surface area contributed by atoms with E-state index in [0.29, 0.717) is 0 Å². The largest absolute Gasteiger partial charge is 0.309 e. The molecule has 67 heavy (non-hydrogen) atoms. The van der Waals surface area contributed by atoms with Gasteiger partial charge in [0.15, 0.2) is 0 Å². The lowest BCUT2D eigenvalue weighted by Gasteiger charge is -2.15. The number of benzene rings is 10. The molecule has 0 aliphatic carbocycles. The second-order valence-electron chi connectivity index (χ2n) is 17.7. The molecule has 0 unspecified atom stereocenters. The maximum absolute atomic E-state index is 2.46. The predicted octanol–water partition coefficient (Wildman–Crippen LogP) is 18.1. The zero-order valence-electron chi connectivity index (χ0n) is 38.0. The summed E-state index contributed by atoms with van der Waals surface area (Å²) in [5.41, 5.74) is 23.7. The Balaban J connectivity index is 0.810. The highest BCUT2D eigenvalue weighted by molar-refractivity contribution is 6.11. The molecule has 0 aliphatic rings. The summed E-state index contributed by atoms with van der Waals surface area (Å²) >= 11 is 0. The molecule has 0 saturated heterocycles. The van der Waals surface area contributed by atoms with Crippen LogP contribution in [0, 0.1) is 6.92 Å². The average Bonchev–Trinajstić information content (AvgIpc) is 3.75. The van der Waals surface area contributed by atoms with E-state index in [0.717, 1.165) is 12.8 Å². The van der Waals surface area contributed by atoms with Crippen LogP contribution >= 0.6 is 0 Å². The van der Waals surface area contributed by atoms with E-state index in [1.54, 1.807) is 0 Å². The molecule has 0 bridgehead atoms. The Morgan fingerprint density at radius 3 is 1.46 bits per heavy atom. The fourth-order valence-electron chi connectivity index (χ4n) is 9.95. The van der Waals surface area contributed by atoms with Crippen molar-refractivity contribution in [3.63, 3.8) is 0 Å². The molecule has 11 rings (SSSR count). The Bertz CT molecular complexity index is 3540. The lowest BCUT2D eigenvalue weighted by atomic mass is 9.92. The van der Waals surface area contributed by atoms with Crippen LogP contribution in [-0.2, 0) is 6.42 Å². The van der Waals surface area contributed by atoms with Crippen molar-refractivity contribution < 1.29 is 0 Å². The second-order valence-corrected chi connectivity index (χ2v) is 17.7. The van der Waals surface area contributed by atoms with E-state index in [1.165, 1.54) is 117 Å². The van der Waals surface area contributed by atoms with Crippen LogP contribution in [0.15, 0.2) is 249 Å². The van der Waals surface area contributed by atoms with E-state index < -0.39 is 0 Å². The van der Waals surface area contributed by atoms with Gasteiger partial charge in [-0.1, -0.05) is 218 Å². The van der Waals surface area contributed by atoms with Crippen LogP contribution in [0.25, 0.3) is 99.8 Å². The van der Waals surface area contributed by atoms with Crippen molar-refractivity contribution >= 4 is 27.4 Å². The van der Waals surface area contributed by atoms with Crippen molar-refractivity contribution in [1.29, 1.82) is 0 Å². The molecule has 10 aromatic carbocycles. The maximum atomic E-state index is 2.46. The van der Waals surface area contributed by atoms with Crippen LogP contribution in [0.5, 0.6) is 0 Å². The van der Waals surface area contributed by atoms with Gasteiger partial charge in [0.05, 0.1) is 11.0 Å². The van der Waals surface area contributed by atoms with E-state index in [2.05, 4.69) is 267 Å². The van der Waals surface area contributed by atoms with Crippen molar-refractivity contribution in [3.8, 4) is 72.4 Å². The summed E-state index contributed by atoms with van der Waals surface area (Å²) in [6.07, 6.45) is 4.32. The lowest BCUT2D eigenvalue weighted by molar-refractivity contribution is 1.00. The third-order valence-corrected chi connectivity index (χ3v) is 13.6. The van der Waals surface area contributed by atoms with Crippen LogP contribution in [-0.4, -0.2) is 4.57 Å². The Labute approximate surface area is 394 Å². The van der Waals surface area contributed by atoms with Gasteiger partial charge in [-0.2, -0.15) is 0 Å². The van der Waals surface area contributed by atoms with Gasteiger partial charge in [0.1, 0.15) is 0 Å². The normalized spacial score (nSPS) is 11.6. The zero-order valence-corrected chi connectivity index (χ0v) is 38.0. The highest BCUT2D eigenvalue weighted by atomic mass is 15.0. The molecule has 0 radical (unpaired) electrons. The van der Waals surface area contributed by atoms with Gasteiger partial charge in [-0.25, -0.2) is 0 Å². The van der Waals surface area contributed by atoms with E-state index in [4.69, 9.17) is 0 Å². The van der Waals surface area contributed by atoms with E-state index >= 15 is 0 Å². The number of hydrogen-bond donors (Lipinski definition) is 0. The summed E-state index contributed by atoms with van der Waals surface area (Å²) in [4.78, 5) is 0. The number of fused-ring (bicyclic) bond motifs is 3. The van der Waals surface area contributed by atoms with E-state index in [1.807, 2.05) is 0 Å². The molecule has 0 fully saturated rings. The number of hydrogen-bond acceptors (Lipinski definition) is 0. The van der Waals surface area contributed by atoms with Gasteiger partial charge in [0.25, 0.3) is 0 Å². The van der Waals surface area contributed by atoms with Crippen molar-refractivity contribution in [3.05, 3.63) is 265 Å². The van der Waals surface area contributed by atoms with Crippen molar-refractivity contribution in [2.75, 3.05) is 0 Å².